The van der Waals surface area contributed by atoms with Crippen molar-refractivity contribution in [3.05, 3.63) is 0 Å². The van der Waals surface area contributed by atoms with Gasteiger partial charge in [0, 0.05) is 13.1 Å². The number of ether oxygens (including phenoxy) is 2. The van der Waals surface area contributed by atoms with Crippen LogP contribution < -0.4 is 5.32 Å². The fraction of sp³-hybridized carbons (Fsp3) is 1.00. The smallest absolute Gasteiger partial charge is 0.373 e. The highest BCUT2D eigenvalue weighted by Gasteiger charge is 2.28. The van der Waals surface area contributed by atoms with Gasteiger partial charge < -0.3 is 10.1 Å². The summed E-state index contributed by atoms with van der Waals surface area (Å²) in [5.41, 5.74) is 0. The monoisotopic (exact) mass is 221 g/mol. The molecule has 0 aliphatic carbocycles. The van der Waals surface area contributed by atoms with Gasteiger partial charge in [0.15, 0.2) is 0 Å². The van der Waals surface area contributed by atoms with Gasteiger partial charge in [-0.25, -0.2) is 0 Å². The predicted octanol–water partition coefficient (Wildman–Crippen LogP) is 0.933. The number of hydrogen-bond acceptors (Lipinski definition) is 3. The van der Waals surface area contributed by atoms with Gasteiger partial charge >= 0.3 is 6.36 Å². The summed E-state index contributed by atoms with van der Waals surface area (Å²) in [6.07, 6.45) is -4.48. The van der Waals surface area contributed by atoms with Crippen LogP contribution in [0.25, 0.3) is 0 Å². The summed E-state index contributed by atoms with van der Waals surface area (Å²) >= 11 is 0. The molecule has 0 unspecified atom stereocenters. The average molecular weight is 222 g/mol. The van der Waals surface area contributed by atoms with E-state index < -0.39 is 13.0 Å². The SMILES string of the molecule is Cl.FC(F)(F)OCCOC1CNC1. The third-order valence-corrected chi connectivity index (χ3v) is 1.45. The van der Waals surface area contributed by atoms with Crippen molar-refractivity contribution in [3.8, 4) is 0 Å². The Kier molecular flexibility index (Phi) is 5.62. The maximum atomic E-state index is 11.4. The molecule has 0 aromatic rings. The first-order chi connectivity index (χ1) is 5.58. The number of halogens is 4. The van der Waals surface area contributed by atoms with Gasteiger partial charge in [-0.2, -0.15) is 0 Å². The van der Waals surface area contributed by atoms with Crippen molar-refractivity contribution in [1.82, 2.24) is 5.32 Å². The lowest BCUT2D eigenvalue weighted by Gasteiger charge is -2.26. The van der Waals surface area contributed by atoms with Gasteiger partial charge in [-0.1, -0.05) is 0 Å². The first kappa shape index (κ1) is 13.0. The Hall–Kier alpha value is -0.0400. The van der Waals surface area contributed by atoms with Crippen molar-refractivity contribution in [1.29, 1.82) is 0 Å². The molecule has 1 aliphatic heterocycles. The lowest BCUT2D eigenvalue weighted by Crippen LogP contribution is -2.48. The topological polar surface area (TPSA) is 30.5 Å². The minimum Gasteiger partial charge on any atom is -0.373 e. The van der Waals surface area contributed by atoms with E-state index in [1.807, 2.05) is 0 Å². The summed E-state index contributed by atoms with van der Waals surface area (Å²) in [5.74, 6) is 0. The summed E-state index contributed by atoms with van der Waals surface area (Å²) in [7, 11) is 0. The van der Waals surface area contributed by atoms with E-state index in [1.165, 1.54) is 0 Å². The van der Waals surface area contributed by atoms with Crippen LogP contribution in [0, 0.1) is 0 Å². The fourth-order valence-electron chi connectivity index (χ4n) is 0.752. The van der Waals surface area contributed by atoms with Gasteiger partial charge in [0.2, 0.25) is 0 Å². The highest BCUT2D eigenvalue weighted by atomic mass is 35.5. The van der Waals surface area contributed by atoms with E-state index >= 15 is 0 Å². The van der Waals surface area contributed by atoms with Crippen molar-refractivity contribution < 1.29 is 22.6 Å². The van der Waals surface area contributed by atoms with Gasteiger partial charge in [0.05, 0.1) is 19.3 Å². The Morgan fingerprint density at radius 1 is 1.23 bits per heavy atom. The molecule has 0 bridgehead atoms. The fourth-order valence-corrected chi connectivity index (χ4v) is 0.752. The molecule has 1 N–H and O–H groups in total. The van der Waals surface area contributed by atoms with Crippen LogP contribution in [0.1, 0.15) is 0 Å². The summed E-state index contributed by atoms with van der Waals surface area (Å²) < 4.78 is 42.6. The van der Waals surface area contributed by atoms with Crippen LogP contribution in [-0.2, 0) is 9.47 Å². The Morgan fingerprint density at radius 3 is 2.23 bits per heavy atom. The molecule has 1 saturated heterocycles. The molecule has 13 heavy (non-hydrogen) atoms. The number of hydrogen-bond donors (Lipinski definition) is 1. The third kappa shape index (κ3) is 6.09. The van der Waals surface area contributed by atoms with Crippen molar-refractivity contribution in [2.75, 3.05) is 26.3 Å². The lowest BCUT2D eigenvalue weighted by atomic mass is 10.2. The van der Waals surface area contributed by atoms with E-state index in [2.05, 4.69) is 10.1 Å². The number of rotatable bonds is 4. The molecule has 1 rings (SSSR count). The molecule has 0 aromatic carbocycles. The molecule has 0 atom stereocenters. The third-order valence-electron chi connectivity index (χ3n) is 1.45. The summed E-state index contributed by atoms with van der Waals surface area (Å²) in [6.45, 7) is 0.990. The molecule has 0 amide bonds. The Balaban J connectivity index is 0.00000144. The van der Waals surface area contributed by atoms with Crippen LogP contribution in [0.4, 0.5) is 13.2 Å². The minimum absolute atomic E-state index is 0. The highest BCUT2D eigenvalue weighted by Crippen LogP contribution is 2.15. The van der Waals surface area contributed by atoms with E-state index in [4.69, 9.17) is 4.74 Å². The van der Waals surface area contributed by atoms with Crippen LogP contribution in [-0.4, -0.2) is 38.8 Å². The van der Waals surface area contributed by atoms with Gasteiger partial charge in [-0.05, 0) is 0 Å². The van der Waals surface area contributed by atoms with Gasteiger partial charge in [-0.15, -0.1) is 25.6 Å². The van der Waals surface area contributed by atoms with Crippen molar-refractivity contribution >= 4 is 12.4 Å². The molecule has 0 spiro atoms. The van der Waals surface area contributed by atoms with Crippen molar-refractivity contribution in [2.45, 2.75) is 12.5 Å². The number of alkyl halides is 3. The van der Waals surface area contributed by atoms with E-state index in [0.29, 0.717) is 13.1 Å². The van der Waals surface area contributed by atoms with E-state index in [0.717, 1.165) is 0 Å². The van der Waals surface area contributed by atoms with Crippen LogP contribution in [0.2, 0.25) is 0 Å². The van der Waals surface area contributed by atoms with Gasteiger partial charge in [-0.3, -0.25) is 4.74 Å². The second-order valence-electron chi connectivity index (χ2n) is 2.45. The van der Waals surface area contributed by atoms with Crippen LogP contribution in [0.3, 0.4) is 0 Å². The highest BCUT2D eigenvalue weighted by molar-refractivity contribution is 5.85. The molecule has 1 heterocycles. The summed E-state index contributed by atoms with van der Waals surface area (Å²) in [6, 6.07) is 0. The minimum atomic E-state index is -4.54. The zero-order valence-electron chi connectivity index (χ0n) is 6.76. The van der Waals surface area contributed by atoms with Crippen molar-refractivity contribution in [2.24, 2.45) is 0 Å². The van der Waals surface area contributed by atoms with Gasteiger partial charge in [0.25, 0.3) is 0 Å². The zero-order valence-corrected chi connectivity index (χ0v) is 7.58. The average Bonchev–Trinajstić information content (AvgIpc) is 1.80. The summed E-state index contributed by atoms with van der Waals surface area (Å²) in [5, 5.41) is 2.93. The Morgan fingerprint density at radius 2 is 1.85 bits per heavy atom. The standard InChI is InChI=1S/C6H10F3NO2.ClH/c7-6(8,9)12-2-1-11-5-3-10-4-5;/h5,10H,1-4H2;1H. The largest absolute Gasteiger partial charge is 0.522 e. The maximum Gasteiger partial charge on any atom is 0.522 e. The van der Waals surface area contributed by atoms with Crippen LogP contribution in [0.5, 0.6) is 0 Å². The van der Waals surface area contributed by atoms with Crippen LogP contribution in [0.15, 0.2) is 0 Å². The first-order valence-electron chi connectivity index (χ1n) is 3.61. The molecule has 80 valence electrons. The molecule has 1 aliphatic rings. The van der Waals surface area contributed by atoms with Crippen LogP contribution >= 0.6 is 12.4 Å². The quantitative estimate of drug-likeness (QED) is 0.717. The molecular formula is C6H11ClF3NO2. The normalized spacial score (nSPS) is 17.8. The Bertz CT molecular complexity index is 140. The lowest BCUT2D eigenvalue weighted by molar-refractivity contribution is -0.327. The Labute approximate surface area is 80.0 Å². The zero-order chi connectivity index (χ0) is 9.03. The van der Waals surface area contributed by atoms with E-state index in [9.17, 15) is 13.2 Å². The molecule has 0 radical (unpaired) electrons. The molecule has 1 fully saturated rings. The first-order valence-corrected chi connectivity index (χ1v) is 3.61. The molecule has 0 saturated carbocycles. The summed E-state index contributed by atoms with van der Waals surface area (Å²) in [4.78, 5) is 0. The molecule has 7 heteroatoms. The van der Waals surface area contributed by atoms with E-state index in [1.54, 1.807) is 0 Å². The maximum absolute atomic E-state index is 11.4. The van der Waals surface area contributed by atoms with E-state index in [-0.39, 0.29) is 25.1 Å². The molecular weight excluding hydrogens is 211 g/mol. The molecule has 3 nitrogen and oxygen atoms in total. The number of nitrogens with one attached hydrogen (secondary N) is 1. The second-order valence-corrected chi connectivity index (χ2v) is 2.45. The second kappa shape index (κ2) is 5.64. The van der Waals surface area contributed by atoms with Crippen molar-refractivity contribution in [3.63, 3.8) is 0 Å². The molecule has 0 aromatic heterocycles. The predicted molar refractivity (Wildman–Crippen MR) is 41.9 cm³/mol. The van der Waals surface area contributed by atoms with Gasteiger partial charge in [0.1, 0.15) is 0 Å².